The number of aliphatic hydroxyl groups is 1. The Labute approximate surface area is 224 Å². The lowest BCUT2D eigenvalue weighted by Gasteiger charge is -2.36. The van der Waals surface area contributed by atoms with Crippen molar-refractivity contribution in [2.24, 2.45) is 0 Å². The largest absolute Gasteiger partial charge is 0.406 e. The highest BCUT2D eigenvalue weighted by Crippen LogP contribution is 2.52. The average molecular weight is 580 g/mol. The summed E-state index contributed by atoms with van der Waals surface area (Å²) in [5.74, 6) is -1.18. The Hall–Kier alpha value is -2.71. The number of benzene rings is 1. The van der Waals surface area contributed by atoms with E-state index in [1.807, 2.05) is 6.92 Å². The lowest BCUT2D eigenvalue weighted by molar-refractivity contribution is -0.297. The minimum Gasteiger partial charge on any atom is -0.383 e. The molecule has 39 heavy (non-hydrogen) atoms. The number of aromatic nitrogens is 1. The number of halogens is 6. The number of amides is 2. The van der Waals surface area contributed by atoms with Gasteiger partial charge >= 0.3 is 12.4 Å². The number of likely N-dealkylation sites (tertiary alicyclic amines) is 1. The molecule has 1 atom stereocenters. The van der Waals surface area contributed by atoms with Gasteiger partial charge in [0.25, 0.3) is 11.8 Å². The maximum Gasteiger partial charge on any atom is 0.406 e. The Balaban J connectivity index is 1.76. The van der Waals surface area contributed by atoms with Crippen molar-refractivity contribution in [2.75, 3.05) is 26.3 Å². The Morgan fingerprint density at radius 1 is 1.21 bits per heavy atom. The summed E-state index contributed by atoms with van der Waals surface area (Å²) in [6.07, 6.45) is -9.73. The van der Waals surface area contributed by atoms with E-state index in [0.717, 1.165) is 42.4 Å². The fourth-order valence-electron chi connectivity index (χ4n) is 4.59. The SMILES string of the molecule is Cc1cc(C(C)(C(F)(F)F)C(F)(F)F)ccc1-c1sc(C(=O)NCC2(O)COC2)nc1C(=O)N1CCC[C@@H]1C. The molecule has 2 aliphatic heterocycles. The van der Waals surface area contributed by atoms with Crippen molar-refractivity contribution in [1.29, 1.82) is 0 Å². The van der Waals surface area contributed by atoms with Crippen molar-refractivity contribution < 1.29 is 45.8 Å². The highest BCUT2D eigenvalue weighted by Gasteiger charge is 2.68. The summed E-state index contributed by atoms with van der Waals surface area (Å²) < 4.78 is 86.8. The minimum atomic E-state index is -5.61. The first-order chi connectivity index (χ1) is 18.0. The fraction of sp³-hybridized carbons (Fsp3) is 0.560. The van der Waals surface area contributed by atoms with Crippen molar-refractivity contribution >= 4 is 23.2 Å². The predicted molar refractivity (Wildman–Crippen MR) is 130 cm³/mol. The van der Waals surface area contributed by atoms with Crippen LogP contribution < -0.4 is 5.32 Å². The van der Waals surface area contributed by atoms with E-state index in [2.05, 4.69) is 10.3 Å². The van der Waals surface area contributed by atoms with Crippen LogP contribution in [0.25, 0.3) is 10.4 Å². The van der Waals surface area contributed by atoms with Crippen molar-refractivity contribution in [3.05, 3.63) is 40.0 Å². The second kappa shape index (κ2) is 10.0. The molecule has 0 unspecified atom stereocenters. The quantitative estimate of drug-likeness (QED) is 0.488. The normalized spacial score (nSPS) is 19.6. The Bertz CT molecular complexity index is 1260. The van der Waals surface area contributed by atoms with Gasteiger partial charge in [0.15, 0.2) is 10.4 Å². The number of carbonyl (C=O) groups excluding carboxylic acids is 2. The van der Waals surface area contributed by atoms with Gasteiger partial charge in [-0.15, -0.1) is 11.3 Å². The lowest BCUT2D eigenvalue weighted by Crippen LogP contribution is -2.56. The molecule has 0 saturated carbocycles. The number of carbonyl (C=O) groups is 2. The molecule has 4 rings (SSSR count). The van der Waals surface area contributed by atoms with Gasteiger partial charge in [-0.25, -0.2) is 4.98 Å². The van der Waals surface area contributed by atoms with Gasteiger partial charge < -0.3 is 20.1 Å². The molecule has 3 heterocycles. The van der Waals surface area contributed by atoms with Crippen LogP contribution in [0.5, 0.6) is 0 Å². The Morgan fingerprint density at radius 3 is 2.33 bits per heavy atom. The molecule has 2 amide bonds. The van der Waals surface area contributed by atoms with E-state index in [-0.39, 0.29) is 59.4 Å². The van der Waals surface area contributed by atoms with Crippen LogP contribution in [0.15, 0.2) is 18.2 Å². The topological polar surface area (TPSA) is 91.8 Å². The summed E-state index contributed by atoms with van der Waals surface area (Å²) in [7, 11) is 0. The molecule has 0 radical (unpaired) electrons. The first-order valence-corrected chi connectivity index (χ1v) is 13.0. The second-order valence-electron chi connectivity index (χ2n) is 10.2. The molecule has 7 nitrogen and oxygen atoms in total. The van der Waals surface area contributed by atoms with Crippen LogP contribution in [0.3, 0.4) is 0 Å². The summed E-state index contributed by atoms with van der Waals surface area (Å²) in [6, 6.07) is 2.52. The molecule has 1 aromatic carbocycles. The maximum absolute atomic E-state index is 13.7. The molecule has 2 fully saturated rings. The molecule has 1 aromatic heterocycles. The van der Waals surface area contributed by atoms with Gasteiger partial charge in [-0.2, -0.15) is 26.3 Å². The zero-order chi connectivity index (χ0) is 29.0. The van der Waals surface area contributed by atoms with E-state index in [9.17, 15) is 41.0 Å². The zero-order valence-corrected chi connectivity index (χ0v) is 22.1. The third-order valence-electron chi connectivity index (χ3n) is 7.34. The summed E-state index contributed by atoms with van der Waals surface area (Å²) in [6.45, 7) is 3.65. The number of rotatable bonds is 6. The van der Waals surface area contributed by atoms with Crippen LogP contribution in [0.4, 0.5) is 26.3 Å². The average Bonchev–Trinajstić information content (AvgIpc) is 3.45. The molecule has 214 valence electrons. The van der Waals surface area contributed by atoms with Gasteiger partial charge in [-0.3, -0.25) is 9.59 Å². The smallest absolute Gasteiger partial charge is 0.383 e. The van der Waals surface area contributed by atoms with Crippen molar-refractivity contribution in [1.82, 2.24) is 15.2 Å². The molecular formula is C25H27F6N3O4S. The van der Waals surface area contributed by atoms with Crippen molar-refractivity contribution in [3.63, 3.8) is 0 Å². The van der Waals surface area contributed by atoms with E-state index in [1.165, 1.54) is 6.92 Å². The Kier molecular flexibility index (Phi) is 7.54. The van der Waals surface area contributed by atoms with Gasteiger partial charge in [-0.1, -0.05) is 18.2 Å². The van der Waals surface area contributed by atoms with Crippen molar-refractivity contribution in [2.45, 2.75) is 63.0 Å². The molecule has 2 aliphatic rings. The summed E-state index contributed by atoms with van der Waals surface area (Å²) in [5, 5.41) is 12.6. The number of alkyl halides is 6. The van der Waals surface area contributed by atoms with E-state index in [0.29, 0.717) is 6.54 Å². The van der Waals surface area contributed by atoms with Crippen LogP contribution in [0, 0.1) is 6.92 Å². The van der Waals surface area contributed by atoms with Crippen LogP contribution in [0.2, 0.25) is 0 Å². The molecule has 2 N–H and O–H groups in total. The zero-order valence-electron chi connectivity index (χ0n) is 21.3. The number of hydrogen-bond acceptors (Lipinski definition) is 6. The van der Waals surface area contributed by atoms with Crippen LogP contribution in [-0.4, -0.2) is 77.1 Å². The first-order valence-electron chi connectivity index (χ1n) is 12.1. The molecule has 0 spiro atoms. The number of nitrogens with one attached hydrogen (secondary N) is 1. The van der Waals surface area contributed by atoms with E-state index < -0.39 is 40.7 Å². The fourth-order valence-corrected chi connectivity index (χ4v) is 5.66. The standard InChI is InChI=1S/C25H27F6N3O4S/c1-13-9-15(22(3,24(26,27)28)25(29,30)31)6-7-16(13)18-17(21(36)34-8-4-5-14(34)2)33-20(39-18)19(35)32-10-23(37)11-38-12-23/h6-7,9,14,37H,4-5,8,10-12H2,1-3H3,(H,32,35)/t14-/m0/s1. The Morgan fingerprint density at radius 2 is 1.85 bits per heavy atom. The van der Waals surface area contributed by atoms with E-state index in [1.54, 1.807) is 4.90 Å². The highest BCUT2D eigenvalue weighted by atomic mass is 32.1. The van der Waals surface area contributed by atoms with E-state index >= 15 is 0 Å². The molecule has 0 bridgehead atoms. The van der Waals surface area contributed by atoms with Gasteiger partial charge in [0.1, 0.15) is 11.3 Å². The molecule has 0 aliphatic carbocycles. The number of ether oxygens (including phenoxy) is 1. The number of thiazole rings is 1. The third-order valence-corrected chi connectivity index (χ3v) is 8.43. The molecule has 14 heteroatoms. The first kappa shape index (κ1) is 29.3. The molecular weight excluding hydrogens is 552 g/mol. The summed E-state index contributed by atoms with van der Waals surface area (Å²) in [5.41, 5.74) is -6.22. The predicted octanol–water partition coefficient (Wildman–Crippen LogP) is 4.62. The summed E-state index contributed by atoms with van der Waals surface area (Å²) >= 11 is 0.796. The number of hydrogen-bond donors (Lipinski definition) is 2. The molecule has 2 saturated heterocycles. The summed E-state index contributed by atoms with van der Waals surface area (Å²) in [4.78, 5) is 32.3. The number of nitrogens with zero attached hydrogens (tertiary/aromatic N) is 2. The third kappa shape index (κ3) is 5.25. The van der Waals surface area contributed by atoms with Crippen molar-refractivity contribution in [3.8, 4) is 10.4 Å². The van der Waals surface area contributed by atoms with Gasteiger partial charge in [-0.05, 0) is 50.3 Å². The monoisotopic (exact) mass is 579 g/mol. The molecule has 2 aromatic rings. The maximum atomic E-state index is 13.7. The van der Waals surface area contributed by atoms with Crippen LogP contribution >= 0.6 is 11.3 Å². The number of aryl methyl sites for hydroxylation is 1. The van der Waals surface area contributed by atoms with Crippen LogP contribution in [0.1, 0.15) is 58.1 Å². The lowest BCUT2D eigenvalue weighted by atomic mass is 9.79. The van der Waals surface area contributed by atoms with Gasteiger partial charge in [0, 0.05) is 12.6 Å². The second-order valence-corrected chi connectivity index (χ2v) is 11.2. The van der Waals surface area contributed by atoms with Crippen LogP contribution in [-0.2, 0) is 10.2 Å². The van der Waals surface area contributed by atoms with Gasteiger partial charge in [0.05, 0.1) is 24.6 Å². The van der Waals surface area contributed by atoms with E-state index in [4.69, 9.17) is 4.74 Å². The minimum absolute atomic E-state index is 0.0350. The highest BCUT2D eigenvalue weighted by molar-refractivity contribution is 7.17. The van der Waals surface area contributed by atoms with Gasteiger partial charge in [0.2, 0.25) is 0 Å².